The minimum Gasteiger partial charge on any atom is -0.481 e. The van der Waals surface area contributed by atoms with Gasteiger partial charge in [0.15, 0.2) is 0 Å². The van der Waals surface area contributed by atoms with Crippen molar-refractivity contribution >= 4 is 11.9 Å². The van der Waals surface area contributed by atoms with Crippen LogP contribution in [0.3, 0.4) is 0 Å². The van der Waals surface area contributed by atoms with E-state index in [-0.39, 0.29) is 45.8 Å². The Labute approximate surface area is 308 Å². The minimum absolute atomic E-state index is 0.111. The Kier molecular flexibility index (Phi) is 9.91. The number of carboxylic acids is 1. The van der Waals surface area contributed by atoms with E-state index in [1.165, 1.54) is 5.57 Å². The van der Waals surface area contributed by atoms with Crippen LogP contribution in [0.5, 0.6) is 0 Å². The molecule has 0 radical (unpaired) electrons. The number of hydrogen-bond donors (Lipinski definition) is 2. The quantitative estimate of drug-likeness (QED) is 0.224. The van der Waals surface area contributed by atoms with E-state index < -0.39 is 22.7 Å². The monoisotopic (exact) mass is 711 g/mol. The van der Waals surface area contributed by atoms with Crippen molar-refractivity contribution in [2.75, 3.05) is 39.1 Å². The van der Waals surface area contributed by atoms with Crippen LogP contribution in [0.15, 0.2) is 11.6 Å². The minimum atomic E-state index is -0.631. The summed E-state index contributed by atoms with van der Waals surface area (Å²) >= 11 is 0. The Hall–Kier alpha value is -2.04. The fourth-order valence-electron chi connectivity index (χ4n) is 13.0. The van der Waals surface area contributed by atoms with E-state index in [0.717, 1.165) is 51.5 Å². The Balaban J connectivity index is 1.51. The lowest BCUT2D eigenvalue weighted by Crippen LogP contribution is -2.70. The third kappa shape index (κ3) is 5.48. The summed E-state index contributed by atoms with van der Waals surface area (Å²) in [5, 5.41) is 24.5. The van der Waals surface area contributed by atoms with Crippen LogP contribution in [-0.2, 0) is 14.3 Å². The van der Waals surface area contributed by atoms with Gasteiger partial charge in [-0.15, -0.1) is 5.10 Å². The maximum Gasteiger partial charge on any atom is 0.307 e. The van der Waals surface area contributed by atoms with E-state index in [0.29, 0.717) is 43.5 Å². The number of allylic oxidation sites excluding steroid dienone is 1. The SMILES string of the molecule is CCCN(C)[C@](C)(CO[C@H]1[C@H](n2nnc(N)n2)C[C@]2(C)COC[C@@]13C1=CC[C@@]4(C)[C@H](C(=O)O)[C@@](C)([C@H](C)C(C)C)CC[C@]4(C)[C@H]1CC[C@H]23)C(C)C. The van der Waals surface area contributed by atoms with E-state index in [1.54, 1.807) is 4.80 Å². The van der Waals surface area contributed by atoms with Crippen LogP contribution in [0, 0.1) is 62.6 Å². The lowest BCUT2D eigenvalue weighted by molar-refractivity contribution is -0.258. The first-order chi connectivity index (χ1) is 23.8. The number of ether oxygens (including phenoxy) is 2. The van der Waals surface area contributed by atoms with Gasteiger partial charge in [0.05, 0.1) is 31.8 Å². The molecule has 12 atom stereocenters. The second kappa shape index (κ2) is 13.1. The standard InChI is InChI=1S/C41H70N6O4/c1-13-20-46(12)40(11,26(4)5)23-51-33-30(47-44-35(42)43-45-47)21-36(7)22-50-24-41(33)29-16-17-39(10)32(34(48)49)37(8,27(6)25(2)3)18-19-38(39,9)28(29)14-15-31(36)41/h16,25-28,30-33H,13-15,17-24H2,1-12H3,(H2,42,44)(H,48,49)/t27-,28+,30-,31-,32-,33+,36-,37-,38-,39+,40-,41+/m1/s1. The number of anilines is 1. The normalized spacial score (nSPS) is 42.5. The molecular formula is C41H70N6O4. The summed E-state index contributed by atoms with van der Waals surface area (Å²) in [4.78, 5) is 17.8. The molecule has 1 aromatic heterocycles. The molecule has 10 nitrogen and oxygen atoms in total. The zero-order valence-electron chi connectivity index (χ0n) is 34.0. The van der Waals surface area contributed by atoms with Crippen LogP contribution in [0.2, 0.25) is 0 Å². The van der Waals surface area contributed by atoms with Crippen molar-refractivity contribution in [3.8, 4) is 0 Å². The molecule has 0 amide bonds. The van der Waals surface area contributed by atoms with Gasteiger partial charge in [0.1, 0.15) is 6.04 Å². The molecule has 10 heteroatoms. The van der Waals surface area contributed by atoms with Crippen molar-refractivity contribution < 1.29 is 19.4 Å². The number of rotatable bonds is 11. The fraction of sp³-hybridized carbons (Fsp3) is 0.902. The number of fused-ring (bicyclic) bond motifs is 3. The van der Waals surface area contributed by atoms with E-state index in [2.05, 4.69) is 110 Å². The Morgan fingerprint density at radius 1 is 1.14 bits per heavy atom. The lowest BCUT2D eigenvalue weighted by Gasteiger charge is -2.71. The smallest absolute Gasteiger partial charge is 0.307 e. The van der Waals surface area contributed by atoms with Crippen molar-refractivity contribution in [2.45, 2.75) is 139 Å². The van der Waals surface area contributed by atoms with Crippen LogP contribution >= 0.6 is 0 Å². The van der Waals surface area contributed by atoms with Gasteiger partial charge < -0.3 is 20.3 Å². The molecule has 0 aromatic carbocycles. The molecule has 3 saturated carbocycles. The number of nitrogens with zero attached hydrogens (tertiary/aromatic N) is 5. The highest BCUT2D eigenvalue weighted by atomic mass is 16.5. The molecule has 4 aliphatic carbocycles. The molecule has 1 aliphatic heterocycles. The number of hydrogen-bond acceptors (Lipinski definition) is 8. The highest BCUT2D eigenvalue weighted by Gasteiger charge is 2.73. The van der Waals surface area contributed by atoms with Crippen LogP contribution < -0.4 is 5.73 Å². The van der Waals surface area contributed by atoms with E-state index in [1.807, 2.05) is 0 Å². The molecule has 4 fully saturated rings. The molecule has 288 valence electrons. The largest absolute Gasteiger partial charge is 0.481 e. The second-order valence-electron chi connectivity index (χ2n) is 19.8. The maximum atomic E-state index is 13.6. The van der Waals surface area contributed by atoms with Crippen molar-refractivity contribution in [1.29, 1.82) is 0 Å². The number of carbonyl (C=O) groups is 1. The average molecular weight is 711 g/mol. The summed E-state index contributed by atoms with van der Waals surface area (Å²) in [5.41, 5.74) is 6.02. The Morgan fingerprint density at radius 2 is 1.84 bits per heavy atom. The van der Waals surface area contributed by atoms with E-state index >= 15 is 0 Å². The molecule has 1 aromatic rings. The van der Waals surface area contributed by atoms with Gasteiger partial charge in [-0.05, 0) is 122 Å². The third-order valence-corrected chi connectivity index (χ3v) is 17.0. The van der Waals surface area contributed by atoms with Crippen molar-refractivity contribution in [1.82, 2.24) is 25.1 Å². The highest BCUT2D eigenvalue weighted by Crippen LogP contribution is 2.75. The first-order valence-corrected chi connectivity index (χ1v) is 20.2. The Bertz CT molecular complexity index is 1500. The molecule has 0 unspecified atom stereocenters. The van der Waals surface area contributed by atoms with E-state index in [9.17, 15) is 9.90 Å². The number of nitrogens with two attached hydrogens (primary N) is 1. The second-order valence-corrected chi connectivity index (χ2v) is 19.8. The van der Waals surface area contributed by atoms with Crippen LogP contribution in [0.1, 0.15) is 127 Å². The van der Waals surface area contributed by atoms with Crippen molar-refractivity contribution in [3.63, 3.8) is 0 Å². The van der Waals surface area contributed by atoms with Crippen molar-refractivity contribution in [3.05, 3.63) is 11.6 Å². The van der Waals surface area contributed by atoms with Gasteiger partial charge in [-0.1, -0.05) is 86.0 Å². The number of nitrogen functional groups attached to an aromatic ring is 1. The molecule has 5 aliphatic rings. The number of tetrazole rings is 1. The van der Waals surface area contributed by atoms with Gasteiger partial charge in [-0.2, -0.15) is 4.80 Å². The van der Waals surface area contributed by atoms with Gasteiger partial charge >= 0.3 is 5.97 Å². The summed E-state index contributed by atoms with van der Waals surface area (Å²) in [6, 6.07) is -0.165. The zero-order chi connectivity index (χ0) is 37.5. The summed E-state index contributed by atoms with van der Waals surface area (Å²) < 4.78 is 14.3. The molecule has 2 bridgehead atoms. The van der Waals surface area contributed by atoms with Crippen LogP contribution in [0.4, 0.5) is 5.95 Å². The predicted octanol–water partition coefficient (Wildman–Crippen LogP) is 7.53. The Morgan fingerprint density at radius 3 is 2.43 bits per heavy atom. The summed E-state index contributed by atoms with van der Waals surface area (Å²) in [6.07, 6.45) is 8.96. The van der Waals surface area contributed by atoms with Crippen molar-refractivity contribution in [2.24, 2.45) is 62.6 Å². The highest BCUT2D eigenvalue weighted by molar-refractivity contribution is 5.73. The van der Waals surface area contributed by atoms with E-state index in [4.69, 9.17) is 15.2 Å². The summed E-state index contributed by atoms with van der Waals surface area (Å²) in [6.45, 7) is 28.3. The molecule has 6 rings (SSSR count). The summed E-state index contributed by atoms with van der Waals surface area (Å²) in [5.74, 6) is 0.782. The third-order valence-electron chi connectivity index (χ3n) is 17.0. The number of aromatic nitrogens is 4. The number of likely N-dealkylation sites (N-methyl/N-ethyl adjacent to an activating group) is 1. The fourth-order valence-corrected chi connectivity index (χ4v) is 13.0. The van der Waals surface area contributed by atoms with Gasteiger partial charge in [0.25, 0.3) is 5.95 Å². The maximum absolute atomic E-state index is 13.6. The molecule has 51 heavy (non-hydrogen) atoms. The lowest BCUT2D eigenvalue weighted by atomic mass is 9.34. The van der Waals surface area contributed by atoms with Crippen LogP contribution in [-0.4, -0.2) is 81.2 Å². The molecule has 1 saturated heterocycles. The zero-order valence-corrected chi connectivity index (χ0v) is 34.0. The average Bonchev–Trinajstić information content (AvgIpc) is 3.49. The molecule has 3 N–H and O–H groups in total. The first-order valence-electron chi connectivity index (χ1n) is 20.2. The number of aliphatic carboxylic acids is 1. The molecule has 0 spiro atoms. The van der Waals surface area contributed by atoms with Gasteiger partial charge in [0.2, 0.25) is 0 Å². The predicted molar refractivity (Wildman–Crippen MR) is 201 cm³/mol. The van der Waals surface area contributed by atoms with Gasteiger partial charge in [-0.3, -0.25) is 9.69 Å². The topological polar surface area (TPSA) is 129 Å². The summed E-state index contributed by atoms with van der Waals surface area (Å²) in [7, 11) is 2.23. The first kappa shape index (κ1) is 38.7. The number of carboxylic acid groups (broad SMARTS) is 1. The van der Waals surface area contributed by atoms with Gasteiger partial charge in [-0.25, -0.2) is 0 Å². The van der Waals surface area contributed by atoms with Crippen LogP contribution in [0.25, 0.3) is 0 Å². The van der Waals surface area contributed by atoms with Gasteiger partial charge in [0, 0.05) is 11.0 Å². The molecular weight excluding hydrogens is 640 g/mol. The molecule has 2 heterocycles.